The molecule has 0 radical (unpaired) electrons. The molecule has 0 saturated heterocycles. The van der Waals surface area contributed by atoms with Crippen LogP contribution in [0, 0.1) is 3.57 Å². The van der Waals surface area contributed by atoms with E-state index in [2.05, 4.69) is 33.2 Å². The Morgan fingerprint density at radius 2 is 1.76 bits per heavy atom. The van der Waals surface area contributed by atoms with Gasteiger partial charge in [-0.3, -0.25) is 10.1 Å². The Kier molecular flexibility index (Phi) is 9.33. The van der Waals surface area contributed by atoms with Crippen molar-refractivity contribution in [2.24, 2.45) is 0 Å². The van der Waals surface area contributed by atoms with Crippen molar-refractivity contribution in [2.45, 2.75) is 25.4 Å². The number of aromatic hydroxyl groups is 1. The molecule has 8 heteroatoms. The molecule has 0 aliphatic rings. The fourth-order valence-electron chi connectivity index (χ4n) is 3.26. The maximum absolute atomic E-state index is 12.5. The molecule has 0 aliphatic carbocycles. The normalized spacial score (nSPS) is 11.7. The number of unbranched alkanes of at least 4 members (excludes halogenated alkanes) is 1. The number of carbonyl (C=O) groups is 2. The maximum atomic E-state index is 12.5. The van der Waals surface area contributed by atoms with Gasteiger partial charge in [-0.05, 0) is 90.4 Å². The number of phenols is 1. The van der Waals surface area contributed by atoms with Crippen molar-refractivity contribution >= 4 is 51.7 Å². The molecule has 0 spiro atoms. The second-order valence-electron chi connectivity index (χ2n) is 7.50. The lowest BCUT2D eigenvalue weighted by Crippen LogP contribution is -2.18. The molecule has 0 unspecified atom stereocenters. The number of anilines is 3. The van der Waals surface area contributed by atoms with Gasteiger partial charge in [0.2, 0.25) is 5.91 Å². The maximum Gasteiger partial charge on any atom is 0.412 e. The molecule has 2 amide bonds. The Morgan fingerprint density at radius 3 is 2.53 bits per heavy atom. The zero-order valence-electron chi connectivity index (χ0n) is 18.4. The summed E-state index contributed by atoms with van der Waals surface area (Å²) >= 11 is 2.15. The van der Waals surface area contributed by atoms with Crippen LogP contribution in [0.3, 0.4) is 0 Å². The average molecular weight is 571 g/mol. The molecular formula is C26H26IN3O4. The molecule has 0 saturated carbocycles. The zero-order chi connectivity index (χ0) is 24.3. The molecule has 0 bridgehead atoms. The van der Waals surface area contributed by atoms with Gasteiger partial charge in [0, 0.05) is 14.8 Å². The minimum atomic E-state index is -0.648. The highest BCUT2D eigenvalue weighted by Crippen LogP contribution is 2.32. The van der Waals surface area contributed by atoms with Crippen molar-refractivity contribution in [1.82, 2.24) is 0 Å². The molecule has 0 fully saturated rings. The molecule has 3 aromatic rings. The first-order valence-corrected chi connectivity index (χ1v) is 11.8. The summed E-state index contributed by atoms with van der Waals surface area (Å²) in [7, 11) is 0. The Labute approximate surface area is 212 Å². The minimum absolute atomic E-state index is 0.0632. The molecule has 0 aliphatic heterocycles. The lowest BCUT2D eigenvalue weighted by molar-refractivity contribution is -0.111. The van der Waals surface area contributed by atoms with Crippen molar-refractivity contribution in [3.8, 4) is 5.75 Å². The van der Waals surface area contributed by atoms with Gasteiger partial charge in [0.15, 0.2) is 0 Å². The van der Waals surface area contributed by atoms with Gasteiger partial charge in [-0.25, -0.2) is 4.79 Å². The van der Waals surface area contributed by atoms with Gasteiger partial charge in [-0.15, -0.1) is 0 Å². The van der Waals surface area contributed by atoms with Crippen LogP contribution >= 0.6 is 22.6 Å². The third-order valence-corrected chi connectivity index (χ3v) is 5.60. The highest BCUT2D eigenvalue weighted by molar-refractivity contribution is 14.1. The highest BCUT2D eigenvalue weighted by Gasteiger charge is 2.20. The second-order valence-corrected chi connectivity index (χ2v) is 8.74. The molecule has 5 N–H and O–H groups in total. The average Bonchev–Trinajstić information content (AvgIpc) is 2.82. The number of para-hydroxylation sites is 3. The lowest BCUT2D eigenvalue weighted by Gasteiger charge is -2.20. The Hall–Kier alpha value is -3.53. The van der Waals surface area contributed by atoms with E-state index in [1.807, 2.05) is 18.2 Å². The largest absolute Gasteiger partial charge is 0.508 e. The van der Waals surface area contributed by atoms with Crippen LogP contribution < -0.4 is 16.4 Å². The first-order valence-electron chi connectivity index (χ1n) is 10.8. The number of allylic oxidation sites excluding steroid dienone is 1. The Bertz CT molecular complexity index is 1150. The van der Waals surface area contributed by atoms with Crippen molar-refractivity contribution in [1.29, 1.82) is 0 Å². The number of benzene rings is 3. The van der Waals surface area contributed by atoms with Gasteiger partial charge in [-0.2, -0.15) is 0 Å². The van der Waals surface area contributed by atoms with E-state index in [0.29, 0.717) is 41.9 Å². The third kappa shape index (κ3) is 7.80. The predicted molar refractivity (Wildman–Crippen MR) is 143 cm³/mol. The van der Waals surface area contributed by atoms with E-state index >= 15 is 0 Å². The van der Waals surface area contributed by atoms with Gasteiger partial charge in [0.05, 0.1) is 11.4 Å². The van der Waals surface area contributed by atoms with Gasteiger partial charge < -0.3 is 20.9 Å². The number of amides is 2. The van der Waals surface area contributed by atoms with Gasteiger partial charge in [0.1, 0.15) is 11.9 Å². The van der Waals surface area contributed by atoms with E-state index in [9.17, 15) is 14.7 Å². The zero-order valence-corrected chi connectivity index (χ0v) is 20.6. The van der Waals surface area contributed by atoms with E-state index in [0.717, 1.165) is 3.57 Å². The van der Waals surface area contributed by atoms with Gasteiger partial charge in [-0.1, -0.05) is 36.4 Å². The highest BCUT2D eigenvalue weighted by atomic mass is 127. The fraction of sp³-hybridized carbons (Fsp3) is 0.154. The lowest BCUT2D eigenvalue weighted by atomic mass is 10.0. The number of nitrogens with one attached hydrogen (secondary N) is 2. The van der Waals surface area contributed by atoms with Crippen LogP contribution in [0.5, 0.6) is 5.75 Å². The SMILES string of the molecule is Nc1ccccc1NC(=O)/C=C/CCC[C@H](OC(=O)Nc1ccccc1)c1cc(I)ccc1O. The number of halogens is 1. The van der Waals surface area contributed by atoms with Crippen molar-refractivity contribution in [2.75, 3.05) is 16.4 Å². The molecule has 3 rings (SSSR count). The molecule has 176 valence electrons. The number of nitrogen functional groups attached to an aromatic ring is 1. The second kappa shape index (κ2) is 12.6. The summed E-state index contributed by atoms with van der Waals surface area (Å²) in [5, 5.41) is 15.8. The molecule has 34 heavy (non-hydrogen) atoms. The summed E-state index contributed by atoms with van der Waals surface area (Å²) in [5.41, 5.74) is 8.05. The van der Waals surface area contributed by atoms with Crippen LogP contribution in [0.25, 0.3) is 0 Å². The van der Waals surface area contributed by atoms with Crippen molar-refractivity contribution < 1.29 is 19.4 Å². The molecule has 1 atom stereocenters. The van der Waals surface area contributed by atoms with Crippen LogP contribution in [0.1, 0.15) is 30.9 Å². The topological polar surface area (TPSA) is 114 Å². The number of rotatable bonds is 9. The van der Waals surface area contributed by atoms with Gasteiger partial charge >= 0.3 is 6.09 Å². The van der Waals surface area contributed by atoms with E-state index in [1.54, 1.807) is 60.7 Å². The number of hydrogen-bond acceptors (Lipinski definition) is 5. The molecule has 3 aromatic carbocycles. The van der Waals surface area contributed by atoms with Crippen LogP contribution in [-0.2, 0) is 9.53 Å². The van der Waals surface area contributed by atoms with Crippen LogP contribution in [-0.4, -0.2) is 17.1 Å². The van der Waals surface area contributed by atoms with Crippen LogP contribution in [0.2, 0.25) is 0 Å². The number of carbonyl (C=O) groups excluding carboxylic acids is 2. The molecular weight excluding hydrogens is 545 g/mol. The number of phenolic OH excluding ortho intramolecular Hbond substituents is 1. The van der Waals surface area contributed by atoms with Crippen molar-refractivity contribution in [3.05, 3.63) is 94.1 Å². The molecule has 0 heterocycles. The van der Waals surface area contributed by atoms with Crippen molar-refractivity contribution in [3.63, 3.8) is 0 Å². The van der Waals surface area contributed by atoms with E-state index < -0.39 is 12.2 Å². The quantitative estimate of drug-likeness (QED) is 0.105. The summed E-state index contributed by atoms with van der Waals surface area (Å²) in [6, 6.07) is 21.2. The number of ether oxygens (including phenoxy) is 1. The summed E-state index contributed by atoms with van der Waals surface area (Å²) in [6.07, 6.45) is 3.63. The predicted octanol–water partition coefficient (Wildman–Crippen LogP) is 6.23. The van der Waals surface area contributed by atoms with E-state index in [4.69, 9.17) is 10.5 Å². The summed E-state index contributed by atoms with van der Waals surface area (Å²) in [4.78, 5) is 24.6. The summed E-state index contributed by atoms with van der Waals surface area (Å²) in [6.45, 7) is 0. The smallest absolute Gasteiger partial charge is 0.412 e. The summed E-state index contributed by atoms with van der Waals surface area (Å²) < 4.78 is 6.58. The van der Waals surface area contributed by atoms with Crippen LogP contribution in [0.15, 0.2) is 84.9 Å². The number of nitrogens with two attached hydrogens (primary N) is 1. The summed E-state index contributed by atoms with van der Waals surface area (Å²) in [5.74, 6) is -0.212. The Balaban J connectivity index is 1.58. The molecule has 0 aromatic heterocycles. The minimum Gasteiger partial charge on any atom is -0.508 e. The monoisotopic (exact) mass is 571 g/mol. The fourth-order valence-corrected chi connectivity index (χ4v) is 3.77. The standard InChI is InChI=1S/C26H26IN3O4/c27-18-15-16-23(31)20(17-18)24(34-26(33)29-19-9-3-1-4-10-19)13-5-2-6-14-25(32)30-22-12-8-7-11-21(22)28/h1,3-4,6-12,14-17,24,31H,2,5,13,28H2,(H,29,33)(H,30,32)/b14-6+/t24-/m0/s1. The first kappa shape index (κ1) is 25.1. The van der Waals surface area contributed by atoms with Gasteiger partial charge in [0.25, 0.3) is 0 Å². The van der Waals surface area contributed by atoms with Crippen LogP contribution in [0.4, 0.5) is 21.9 Å². The van der Waals surface area contributed by atoms with E-state index in [1.165, 1.54) is 6.08 Å². The molecule has 7 nitrogen and oxygen atoms in total. The van der Waals surface area contributed by atoms with E-state index in [-0.39, 0.29) is 11.7 Å². The number of hydrogen-bond donors (Lipinski definition) is 4. The third-order valence-electron chi connectivity index (χ3n) is 4.93. The Morgan fingerprint density at radius 1 is 1.03 bits per heavy atom. The first-order chi connectivity index (χ1) is 16.4.